The van der Waals surface area contributed by atoms with Gasteiger partial charge < -0.3 is 5.32 Å². The molecule has 0 aliphatic rings. The fourth-order valence-electron chi connectivity index (χ4n) is 2.76. The van der Waals surface area contributed by atoms with Crippen molar-refractivity contribution in [3.63, 3.8) is 0 Å². The number of hydrogen-bond donors (Lipinski definition) is 1. The van der Waals surface area contributed by atoms with Crippen LogP contribution in [-0.2, 0) is 6.54 Å². The van der Waals surface area contributed by atoms with Crippen molar-refractivity contribution in [3.8, 4) is 11.4 Å². The summed E-state index contributed by atoms with van der Waals surface area (Å²) in [5.74, 6) is 1.58. The molecular formula is C21H16BrN3. The van der Waals surface area contributed by atoms with E-state index in [1.54, 1.807) is 0 Å². The minimum atomic E-state index is 0.703. The quantitative estimate of drug-likeness (QED) is 0.488. The van der Waals surface area contributed by atoms with Crippen molar-refractivity contribution in [2.24, 2.45) is 0 Å². The molecule has 0 fully saturated rings. The van der Waals surface area contributed by atoms with E-state index in [1.807, 2.05) is 66.7 Å². The van der Waals surface area contributed by atoms with E-state index in [4.69, 9.17) is 9.97 Å². The van der Waals surface area contributed by atoms with E-state index in [0.29, 0.717) is 6.54 Å². The van der Waals surface area contributed by atoms with Gasteiger partial charge in [0.15, 0.2) is 5.82 Å². The molecule has 3 aromatic carbocycles. The molecule has 122 valence electrons. The lowest BCUT2D eigenvalue weighted by atomic mass is 10.1. The third kappa shape index (κ3) is 3.54. The highest BCUT2D eigenvalue weighted by Crippen LogP contribution is 2.25. The number of hydrogen-bond acceptors (Lipinski definition) is 3. The van der Waals surface area contributed by atoms with Crippen LogP contribution >= 0.6 is 15.9 Å². The van der Waals surface area contributed by atoms with E-state index in [1.165, 1.54) is 5.56 Å². The maximum atomic E-state index is 4.77. The van der Waals surface area contributed by atoms with E-state index < -0.39 is 0 Å². The SMILES string of the molecule is Brc1cccc(CNc2nc(-c3ccccc3)nc3ccccc23)c1. The van der Waals surface area contributed by atoms with Crippen LogP contribution in [0.15, 0.2) is 83.3 Å². The van der Waals surface area contributed by atoms with E-state index in [-0.39, 0.29) is 0 Å². The summed E-state index contributed by atoms with van der Waals surface area (Å²) in [6, 6.07) is 26.4. The van der Waals surface area contributed by atoms with Crippen LogP contribution in [0.5, 0.6) is 0 Å². The minimum Gasteiger partial charge on any atom is -0.365 e. The van der Waals surface area contributed by atoms with Crippen molar-refractivity contribution in [3.05, 3.63) is 88.9 Å². The third-order valence-corrected chi connectivity index (χ3v) is 4.48. The van der Waals surface area contributed by atoms with E-state index >= 15 is 0 Å². The van der Waals surface area contributed by atoms with Gasteiger partial charge >= 0.3 is 0 Å². The first kappa shape index (κ1) is 15.8. The predicted octanol–water partition coefficient (Wildman–Crippen LogP) is 5.67. The molecular weight excluding hydrogens is 374 g/mol. The summed E-state index contributed by atoms with van der Waals surface area (Å²) in [7, 11) is 0. The van der Waals surface area contributed by atoms with Crippen LogP contribution in [0.1, 0.15) is 5.56 Å². The number of aromatic nitrogens is 2. The summed E-state index contributed by atoms with van der Waals surface area (Å²) in [6.45, 7) is 0.703. The van der Waals surface area contributed by atoms with Crippen molar-refractivity contribution in [2.45, 2.75) is 6.54 Å². The fraction of sp³-hybridized carbons (Fsp3) is 0.0476. The molecule has 0 saturated carbocycles. The zero-order valence-corrected chi connectivity index (χ0v) is 15.1. The van der Waals surface area contributed by atoms with Gasteiger partial charge in [0.2, 0.25) is 0 Å². The molecule has 0 amide bonds. The summed E-state index contributed by atoms with van der Waals surface area (Å²) in [4.78, 5) is 9.49. The normalized spacial score (nSPS) is 10.8. The smallest absolute Gasteiger partial charge is 0.162 e. The van der Waals surface area contributed by atoms with Crippen LogP contribution < -0.4 is 5.32 Å². The fourth-order valence-corrected chi connectivity index (χ4v) is 3.21. The number of benzene rings is 3. The highest BCUT2D eigenvalue weighted by atomic mass is 79.9. The third-order valence-electron chi connectivity index (χ3n) is 3.98. The second kappa shape index (κ2) is 7.03. The Morgan fingerprint density at radius 1 is 0.800 bits per heavy atom. The van der Waals surface area contributed by atoms with Crippen LogP contribution in [-0.4, -0.2) is 9.97 Å². The van der Waals surface area contributed by atoms with Crippen LogP contribution in [0, 0.1) is 0 Å². The van der Waals surface area contributed by atoms with Gasteiger partial charge in [0.25, 0.3) is 0 Å². The summed E-state index contributed by atoms with van der Waals surface area (Å²) in [5.41, 5.74) is 3.14. The predicted molar refractivity (Wildman–Crippen MR) is 106 cm³/mol. The van der Waals surface area contributed by atoms with Gasteiger partial charge in [0.05, 0.1) is 5.52 Å². The number of nitrogens with one attached hydrogen (secondary N) is 1. The lowest BCUT2D eigenvalue weighted by Crippen LogP contribution is -2.04. The Labute approximate surface area is 154 Å². The molecule has 1 N–H and O–H groups in total. The Bertz CT molecular complexity index is 1020. The Balaban J connectivity index is 1.73. The van der Waals surface area contributed by atoms with Crippen molar-refractivity contribution >= 4 is 32.7 Å². The van der Waals surface area contributed by atoms with E-state index in [2.05, 4.69) is 33.4 Å². The van der Waals surface area contributed by atoms with Gasteiger partial charge in [-0.05, 0) is 29.8 Å². The monoisotopic (exact) mass is 389 g/mol. The highest BCUT2D eigenvalue weighted by molar-refractivity contribution is 9.10. The molecule has 1 heterocycles. The molecule has 0 spiro atoms. The number of rotatable bonds is 4. The van der Waals surface area contributed by atoms with Gasteiger partial charge in [-0.2, -0.15) is 0 Å². The van der Waals surface area contributed by atoms with Crippen molar-refractivity contribution in [2.75, 3.05) is 5.32 Å². The summed E-state index contributed by atoms with van der Waals surface area (Å²) in [6.07, 6.45) is 0. The first-order chi connectivity index (χ1) is 12.3. The molecule has 4 heteroatoms. The average Bonchev–Trinajstić information content (AvgIpc) is 2.66. The van der Waals surface area contributed by atoms with Gasteiger partial charge in [-0.25, -0.2) is 9.97 Å². The van der Waals surface area contributed by atoms with Gasteiger partial charge in [-0.1, -0.05) is 70.5 Å². The number of fused-ring (bicyclic) bond motifs is 1. The molecule has 0 aliphatic carbocycles. The molecule has 1 aromatic heterocycles. The number of para-hydroxylation sites is 1. The zero-order chi connectivity index (χ0) is 17.1. The number of nitrogens with zero attached hydrogens (tertiary/aromatic N) is 2. The van der Waals surface area contributed by atoms with Gasteiger partial charge in [0, 0.05) is 22.0 Å². The van der Waals surface area contributed by atoms with Crippen LogP contribution in [0.2, 0.25) is 0 Å². The Hall–Kier alpha value is -2.72. The minimum absolute atomic E-state index is 0.703. The Morgan fingerprint density at radius 3 is 2.44 bits per heavy atom. The average molecular weight is 390 g/mol. The molecule has 4 rings (SSSR count). The number of anilines is 1. The molecule has 0 radical (unpaired) electrons. The summed E-state index contributed by atoms with van der Waals surface area (Å²) in [5, 5.41) is 4.49. The lowest BCUT2D eigenvalue weighted by Gasteiger charge is -2.11. The van der Waals surface area contributed by atoms with Crippen LogP contribution in [0.3, 0.4) is 0 Å². The number of halogens is 1. The second-order valence-corrected chi connectivity index (χ2v) is 6.68. The molecule has 25 heavy (non-hydrogen) atoms. The maximum absolute atomic E-state index is 4.77. The Morgan fingerprint density at radius 2 is 1.60 bits per heavy atom. The van der Waals surface area contributed by atoms with Gasteiger partial charge in [-0.15, -0.1) is 0 Å². The molecule has 0 atom stereocenters. The molecule has 0 bridgehead atoms. The molecule has 3 nitrogen and oxygen atoms in total. The summed E-state index contributed by atoms with van der Waals surface area (Å²) >= 11 is 3.52. The van der Waals surface area contributed by atoms with Gasteiger partial charge in [0.1, 0.15) is 5.82 Å². The molecule has 0 saturated heterocycles. The van der Waals surface area contributed by atoms with Crippen LogP contribution in [0.25, 0.3) is 22.3 Å². The highest BCUT2D eigenvalue weighted by Gasteiger charge is 2.09. The second-order valence-electron chi connectivity index (χ2n) is 5.76. The first-order valence-electron chi connectivity index (χ1n) is 8.10. The van der Waals surface area contributed by atoms with E-state index in [9.17, 15) is 0 Å². The Kier molecular flexibility index (Phi) is 4.44. The molecule has 0 unspecified atom stereocenters. The van der Waals surface area contributed by atoms with Crippen LogP contribution in [0.4, 0.5) is 5.82 Å². The van der Waals surface area contributed by atoms with Gasteiger partial charge in [-0.3, -0.25) is 0 Å². The van der Waals surface area contributed by atoms with E-state index in [0.717, 1.165) is 32.6 Å². The molecule has 4 aromatic rings. The first-order valence-corrected chi connectivity index (χ1v) is 8.89. The largest absolute Gasteiger partial charge is 0.365 e. The molecule has 0 aliphatic heterocycles. The zero-order valence-electron chi connectivity index (χ0n) is 13.5. The standard InChI is InChI=1S/C21H16BrN3/c22-17-10-6-7-15(13-17)14-23-21-18-11-4-5-12-19(18)24-20(25-21)16-8-2-1-3-9-16/h1-13H,14H2,(H,23,24,25). The lowest BCUT2D eigenvalue weighted by molar-refractivity contribution is 1.10. The van der Waals surface area contributed by atoms with Crippen molar-refractivity contribution < 1.29 is 0 Å². The topological polar surface area (TPSA) is 37.8 Å². The van der Waals surface area contributed by atoms with Crippen molar-refractivity contribution in [1.29, 1.82) is 0 Å². The maximum Gasteiger partial charge on any atom is 0.162 e. The van der Waals surface area contributed by atoms with Crippen molar-refractivity contribution in [1.82, 2.24) is 9.97 Å². The summed E-state index contributed by atoms with van der Waals surface area (Å²) < 4.78 is 1.07.